The molecule has 0 saturated carbocycles. The molecule has 0 aromatic carbocycles. The molecule has 8 heteroatoms. The molecule has 0 saturated heterocycles. The van der Waals surface area contributed by atoms with Crippen LogP contribution in [0.15, 0.2) is 30.5 Å². The number of amides is 2. The van der Waals surface area contributed by atoms with Gasteiger partial charge in [0.1, 0.15) is 0 Å². The molecule has 142 valence electrons. The average molecular weight is 385 g/mol. The van der Waals surface area contributed by atoms with Gasteiger partial charge in [0, 0.05) is 11.6 Å². The lowest BCUT2D eigenvalue weighted by Crippen LogP contribution is -2.28. The quantitative estimate of drug-likeness (QED) is 0.718. The minimum absolute atomic E-state index is 0.0843. The van der Waals surface area contributed by atoms with Crippen molar-refractivity contribution < 1.29 is 9.59 Å². The van der Waals surface area contributed by atoms with Crippen molar-refractivity contribution in [2.75, 3.05) is 5.32 Å². The van der Waals surface area contributed by atoms with Crippen LogP contribution in [0.1, 0.15) is 54.8 Å². The molecule has 0 aliphatic heterocycles. The molecule has 0 aliphatic rings. The zero-order valence-electron chi connectivity index (χ0n) is 16.0. The monoisotopic (exact) mass is 385 g/mol. The molecule has 27 heavy (non-hydrogen) atoms. The van der Waals surface area contributed by atoms with Crippen molar-refractivity contribution in [1.82, 2.24) is 19.9 Å². The number of rotatable bonds is 4. The van der Waals surface area contributed by atoms with Crippen molar-refractivity contribution in [3.8, 4) is 0 Å². The van der Waals surface area contributed by atoms with Crippen LogP contribution in [0, 0.1) is 12.3 Å². The number of nitrogens with one attached hydrogen (secondary N) is 2. The number of hydrogen-bond acceptors (Lipinski definition) is 5. The van der Waals surface area contributed by atoms with E-state index >= 15 is 0 Å². The molecule has 0 spiro atoms. The van der Waals surface area contributed by atoms with E-state index in [9.17, 15) is 9.59 Å². The van der Waals surface area contributed by atoms with E-state index < -0.39 is 5.41 Å². The third-order valence-corrected chi connectivity index (χ3v) is 5.27. The van der Waals surface area contributed by atoms with E-state index in [2.05, 4.69) is 20.8 Å². The Balaban J connectivity index is 1.75. The summed E-state index contributed by atoms with van der Waals surface area (Å²) < 4.78 is 1.85. The molecule has 3 aromatic rings. The Morgan fingerprint density at radius 2 is 1.96 bits per heavy atom. The number of thiophene rings is 1. The van der Waals surface area contributed by atoms with Gasteiger partial charge in [-0.25, -0.2) is 0 Å². The lowest BCUT2D eigenvalue weighted by Gasteiger charge is -2.16. The standard InChI is InChI=1S/C19H23N5O2S/c1-11-10-14(21-18(26)19(3,4)5)27-15(11)17(25)20-12(2)16-23-22-13-8-6-7-9-24(13)16/h6-10,12H,1-5H3,(H,20,25)(H,21,26). The largest absolute Gasteiger partial charge is 0.342 e. The molecule has 0 radical (unpaired) electrons. The summed E-state index contributed by atoms with van der Waals surface area (Å²) in [5, 5.41) is 14.8. The molecule has 3 rings (SSSR count). The molecule has 0 aliphatic carbocycles. The number of fused-ring (bicyclic) bond motifs is 1. The lowest BCUT2D eigenvalue weighted by molar-refractivity contribution is -0.123. The van der Waals surface area contributed by atoms with Crippen LogP contribution >= 0.6 is 11.3 Å². The minimum atomic E-state index is -0.496. The van der Waals surface area contributed by atoms with Crippen molar-refractivity contribution in [2.24, 2.45) is 5.41 Å². The van der Waals surface area contributed by atoms with Gasteiger partial charge in [-0.15, -0.1) is 21.5 Å². The Hall–Kier alpha value is -2.74. The summed E-state index contributed by atoms with van der Waals surface area (Å²) in [5.41, 5.74) is 1.05. The summed E-state index contributed by atoms with van der Waals surface area (Å²) in [6.07, 6.45) is 1.86. The predicted molar refractivity (Wildman–Crippen MR) is 106 cm³/mol. The van der Waals surface area contributed by atoms with E-state index in [-0.39, 0.29) is 17.9 Å². The number of aromatic nitrogens is 3. The molecular weight excluding hydrogens is 362 g/mol. The number of aryl methyl sites for hydroxylation is 1. The third-order valence-electron chi connectivity index (χ3n) is 4.12. The van der Waals surface area contributed by atoms with Gasteiger partial charge in [-0.1, -0.05) is 26.8 Å². The van der Waals surface area contributed by atoms with E-state index in [1.54, 1.807) is 0 Å². The number of anilines is 1. The van der Waals surface area contributed by atoms with Crippen LogP contribution in [-0.2, 0) is 4.79 Å². The summed E-state index contributed by atoms with van der Waals surface area (Å²) in [4.78, 5) is 25.5. The fraction of sp³-hybridized carbons (Fsp3) is 0.368. The zero-order valence-corrected chi connectivity index (χ0v) is 16.8. The maximum absolute atomic E-state index is 12.7. The highest BCUT2D eigenvalue weighted by Gasteiger charge is 2.24. The number of hydrogen-bond donors (Lipinski definition) is 2. The van der Waals surface area contributed by atoms with E-state index in [1.165, 1.54) is 11.3 Å². The first-order valence-corrected chi connectivity index (χ1v) is 9.51. The molecule has 3 heterocycles. The highest BCUT2D eigenvalue weighted by atomic mass is 32.1. The molecule has 1 unspecified atom stereocenters. The summed E-state index contributed by atoms with van der Waals surface area (Å²) in [7, 11) is 0. The van der Waals surface area contributed by atoms with E-state index in [0.717, 1.165) is 11.2 Å². The Morgan fingerprint density at radius 3 is 2.67 bits per heavy atom. The summed E-state index contributed by atoms with van der Waals surface area (Å²) in [5.74, 6) is 0.377. The average Bonchev–Trinajstić information content (AvgIpc) is 3.17. The normalized spacial score (nSPS) is 12.8. The minimum Gasteiger partial charge on any atom is -0.342 e. The van der Waals surface area contributed by atoms with Gasteiger partial charge in [-0.3, -0.25) is 14.0 Å². The van der Waals surface area contributed by atoms with Crippen molar-refractivity contribution in [3.05, 3.63) is 46.7 Å². The summed E-state index contributed by atoms with van der Waals surface area (Å²) >= 11 is 1.27. The van der Waals surface area contributed by atoms with Gasteiger partial charge < -0.3 is 10.6 Å². The lowest BCUT2D eigenvalue weighted by atomic mass is 9.96. The summed E-state index contributed by atoms with van der Waals surface area (Å²) in [6, 6.07) is 7.14. The molecule has 0 fully saturated rings. The maximum Gasteiger partial charge on any atom is 0.262 e. The highest BCUT2D eigenvalue weighted by molar-refractivity contribution is 7.18. The molecule has 2 N–H and O–H groups in total. The molecule has 0 bridgehead atoms. The molecule has 2 amide bonds. The van der Waals surface area contributed by atoms with Gasteiger partial charge in [0.25, 0.3) is 5.91 Å². The molecule has 3 aromatic heterocycles. The van der Waals surface area contributed by atoms with Crippen LogP contribution in [0.5, 0.6) is 0 Å². The van der Waals surface area contributed by atoms with Gasteiger partial charge in [-0.05, 0) is 37.6 Å². The Labute approximate surface area is 161 Å². The Morgan fingerprint density at radius 1 is 1.22 bits per heavy atom. The number of pyridine rings is 1. The topological polar surface area (TPSA) is 88.4 Å². The van der Waals surface area contributed by atoms with Gasteiger partial charge in [0.15, 0.2) is 11.5 Å². The second kappa shape index (κ2) is 7.11. The fourth-order valence-electron chi connectivity index (χ4n) is 2.55. The van der Waals surface area contributed by atoms with Gasteiger partial charge >= 0.3 is 0 Å². The van der Waals surface area contributed by atoms with Crippen molar-refractivity contribution in [3.63, 3.8) is 0 Å². The van der Waals surface area contributed by atoms with Crippen LogP contribution in [0.25, 0.3) is 5.65 Å². The van der Waals surface area contributed by atoms with E-state index in [4.69, 9.17) is 0 Å². The number of carbonyl (C=O) groups is 2. The van der Waals surface area contributed by atoms with Crippen LogP contribution in [0.2, 0.25) is 0 Å². The van der Waals surface area contributed by atoms with Gasteiger partial charge in [-0.2, -0.15) is 0 Å². The smallest absolute Gasteiger partial charge is 0.262 e. The van der Waals surface area contributed by atoms with Crippen molar-refractivity contribution >= 4 is 33.8 Å². The second-order valence-corrected chi connectivity index (χ2v) is 8.56. The third kappa shape index (κ3) is 4.00. The fourth-order valence-corrected chi connectivity index (χ4v) is 3.52. The first kappa shape index (κ1) is 19.0. The highest BCUT2D eigenvalue weighted by Crippen LogP contribution is 2.29. The first-order chi connectivity index (χ1) is 12.7. The maximum atomic E-state index is 12.7. The number of nitrogens with zero attached hydrogens (tertiary/aromatic N) is 3. The van der Waals surface area contributed by atoms with Crippen LogP contribution < -0.4 is 10.6 Å². The molecular formula is C19H23N5O2S. The van der Waals surface area contributed by atoms with E-state index in [1.807, 2.05) is 69.5 Å². The van der Waals surface area contributed by atoms with E-state index in [0.29, 0.717) is 15.7 Å². The Kier molecular flexibility index (Phi) is 5.01. The summed E-state index contributed by atoms with van der Waals surface area (Å²) in [6.45, 7) is 9.27. The van der Waals surface area contributed by atoms with Crippen LogP contribution in [0.4, 0.5) is 5.00 Å². The Bertz CT molecular complexity index is 999. The van der Waals surface area contributed by atoms with Crippen molar-refractivity contribution in [2.45, 2.75) is 40.7 Å². The van der Waals surface area contributed by atoms with Crippen molar-refractivity contribution in [1.29, 1.82) is 0 Å². The van der Waals surface area contributed by atoms with Gasteiger partial charge in [0.2, 0.25) is 5.91 Å². The molecule has 7 nitrogen and oxygen atoms in total. The second-order valence-electron chi connectivity index (χ2n) is 7.51. The zero-order chi connectivity index (χ0) is 19.8. The SMILES string of the molecule is Cc1cc(NC(=O)C(C)(C)C)sc1C(=O)NC(C)c1nnc2ccccn12. The van der Waals surface area contributed by atoms with Crippen LogP contribution in [0.3, 0.4) is 0 Å². The van der Waals surface area contributed by atoms with Crippen LogP contribution in [-0.4, -0.2) is 26.4 Å². The number of carbonyl (C=O) groups excluding carboxylic acids is 2. The molecule has 1 atom stereocenters. The first-order valence-electron chi connectivity index (χ1n) is 8.69. The predicted octanol–water partition coefficient (Wildman–Crippen LogP) is 3.57. The van der Waals surface area contributed by atoms with Gasteiger partial charge in [0.05, 0.1) is 15.9 Å².